The van der Waals surface area contributed by atoms with E-state index in [1.165, 1.54) is 92.5 Å². The van der Waals surface area contributed by atoms with Gasteiger partial charge in [-0.15, -0.1) is 0 Å². The monoisotopic (exact) mass is 544 g/mol. The minimum absolute atomic E-state index is 1.26. The maximum atomic E-state index is 2.41. The molecule has 0 saturated carbocycles. The molecule has 0 aliphatic heterocycles. The molecule has 0 atom stereocenters. The van der Waals surface area contributed by atoms with Crippen molar-refractivity contribution in [2.75, 3.05) is 0 Å². The molecule has 9 rings (SSSR count). The van der Waals surface area contributed by atoms with Crippen molar-refractivity contribution in [3.05, 3.63) is 157 Å². The molecule has 9 aromatic rings. The molecule has 0 spiro atoms. The second kappa shape index (κ2) is 9.28. The number of rotatable bonds is 2. The lowest BCUT2D eigenvalue weighted by Gasteiger charge is -2.19. The predicted molar refractivity (Wildman–Crippen MR) is 187 cm³/mol. The highest BCUT2D eigenvalue weighted by Gasteiger charge is 2.18. The van der Waals surface area contributed by atoms with E-state index in [9.17, 15) is 0 Å². The standard InChI is InChI=1S/C43H28/c1-27-21-33-23-28-11-2-3-12-29(28)25-39(33)40(22-27)37-19-10-20-38-41(37)26-32-15-6-9-18-36(32)43(38)42-34-16-7-4-13-30(34)24-31-14-5-8-17-35(31)42/h2-26H,1H3. The Hall–Kier alpha value is -5.46. The molecule has 0 bridgehead atoms. The fourth-order valence-corrected chi connectivity index (χ4v) is 7.30. The van der Waals surface area contributed by atoms with Crippen molar-refractivity contribution in [2.45, 2.75) is 6.92 Å². The largest absolute Gasteiger partial charge is 0.0616 e. The van der Waals surface area contributed by atoms with Gasteiger partial charge >= 0.3 is 0 Å². The van der Waals surface area contributed by atoms with Crippen molar-refractivity contribution >= 4 is 64.6 Å². The van der Waals surface area contributed by atoms with Gasteiger partial charge in [0.05, 0.1) is 0 Å². The first-order valence-corrected chi connectivity index (χ1v) is 15.0. The molecule has 0 aliphatic rings. The van der Waals surface area contributed by atoms with E-state index >= 15 is 0 Å². The molecule has 43 heavy (non-hydrogen) atoms. The molecule has 0 saturated heterocycles. The summed E-state index contributed by atoms with van der Waals surface area (Å²) in [5, 5.41) is 15.4. The first kappa shape index (κ1) is 24.2. The number of hydrogen-bond donors (Lipinski definition) is 0. The summed E-state index contributed by atoms with van der Waals surface area (Å²) in [7, 11) is 0. The van der Waals surface area contributed by atoms with E-state index in [-0.39, 0.29) is 0 Å². The first-order chi connectivity index (χ1) is 21.2. The van der Waals surface area contributed by atoms with Gasteiger partial charge in [0.15, 0.2) is 0 Å². The Morgan fingerprint density at radius 1 is 0.279 bits per heavy atom. The smallest absolute Gasteiger partial charge is 0.00141 e. The molecule has 0 nitrogen and oxygen atoms in total. The summed E-state index contributed by atoms with van der Waals surface area (Å²) in [6.45, 7) is 2.21. The van der Waals surface area contributed by atoms with Gasteiger partial charge in [-0.2, -0.15) is 0 Å². The number of benzene rings is 9. The second-order valence-electron chi connectivity index (χ2n) is 11.8. The normalized spacial score (nSPS) is 11.8. The number of hydrogen-bond acceptors (Lipinski definition) is 0. The second-order valence-corrected chi connectivity index (χ2v) is 11.8. The molecule has 0 heteroatoms. The van der Waals surface area contributed by atoms with Crippen molar-refractivity contribution in [2.24, 2.45) is 0 Å². The molecule has 0 aliphatic carbocycles. The van der Waals surface area contributed by atoms with Crippen LogP contribution in [0.3, 0.4) is 0 Å². The van der Waals surface area contributed by atoms with Gasteiger partial charge in [0.25, 0.3) is 0 Å². The highest BCUT2D eigenvalue weighted by molar-refractivity contribution is 6.25. The van der Waals surface area contributed by atoms with Gasteiger partial charge in [0, 0.05) is 0 Å². The van der Waals surface area contributed by atoms with Gasteiger partial charge in [-0.1, -0.05) is 127 Å². The SMILES string of the molecule is Cc1cc(-c2cccc3c(-c4c5ccccc5cc5ccccc45)c4ccccc4cc23)c2cc3ccccc3cc2c1. The Morgan fingerprint density at radius 2 is 0.744 bits per heavy atom. The third-order valence-corrected chi connectivity index (χ3v) is 9.18. The highest BCUT2D eigenvalue weighted by atomic mass is 14.2. The Kier molecular flexibility index (Phi) is 5.21. The summed E-state index contributed by atoms with van der Waals surface area (Å²) in [5.74, 6) is 0. The highest BCUT2D eigenvalue weighted by Crippen LogP contribution is 2.46. The minimum Gasteiger partial charge on any atom is -0.0616 e. The summed E-state index contributed by atoms with van der Waals surface area (Å²) in [4.78, 5) is 0. The zero-order chi connectivity index (χ0) is 28.5. The average molecular weight is 545 g/mol. The molecule has 0 aromatic heterocycles. The third kappa shape index (κ3) is 3.70. The van der Waals surface area contributed by atoms with Gasteiger partial charge in [0.2, 0.25) is 0 Å². The van der Waals surface area contributed by atoms with E-state index < -0.39 is 0 Å². The van der Waals surface area contributed by atoms with Crippen LogP contribution in [0.1, 0.15) is 5.56 Å². The lowest BCUT2D eigenvalue weighted by atomic mass is 9.84. The Labute approximate surface area is 250 Å². The molecule has 0 N–H and O–H groups in total. The minimum atomic E-state index is 1.26. The van der Waals surface area contributed by atoms with Crippen LogP contribution in [-0.4, -0.2) is 0 Å². The van der Waals surface area contributed by atoms with E-state index in [1.54, 1.807) is 0 Å². The quantitative estimate of drug-likeness (QED) is 0.190. The van der Waals surface area contributed by atoms with Gasteiger partial charge < -0.3 is 0 Å². The van der Waals surface area contributed by atoms with Gasteiger partial charge in [-0.05, 0) is 124 Å². The maximum absolute atomic E-state index is 2.41. The number of fused-ring (bicyclic) bond motifs is 6. The predicted octanol–water partition coefficient (Wildman–Crippen LogP) is 12.2. The Bertz CT molecular complexity index is 2510. The van der Waals surface area contributed by atoms with Crippen LogP contribution in [0, 0.1) is 6.92 Å². The number of aryl methyl sites for hydroxylation is 1. The fraction of sp³-hybridized carbons (Fsp3) is 0.0233. The fourth-order valence-electron chi connectivity index (χ4n) is 7.30. The van der Waals surface area contributed by atoms with Crippen LogP contribution in [0.25, 0.3) is 86.9 Å². The van der Waals surface area contributed by atoms with E-state index in [4.69, 9.17) is 0 Å². The van der Waals surface area contributed by atoms with Crippen molar-refractivity contribution in [3.8, 4) is 22.3 Å². The van der Waals surface area contributed by atoms with Crippen LogP contribution in [0.5, 0.6) is 0 Å². The molecule has 9 aromatic carbocycles. The van der Waals surface area contributed by atoms with Crippen LogP contribution in [-0.2, 0) is 0 Å². The molecule has 0 fully saturated rings. The Morgan fingerprint density at radius 3 is 1.40 bits per heavy atom. The van der Waals surface area contributed by atoms with Crippen LogP contribution in [0.4, 0.5) is 0 Å². The summed E-state index contributed by atoms with van der Waals surface area (Å²) < 4.78 is 0. The van der Waals surface area contributed by atoms with E-state index in [0.717, 1.165) is 0 Å². The molecule has 0 radical (unpaired) electrons. The third-order valence-electron chi connectivity index (χ3n) is 9.18. The topological polar surface area (TPSA) is 0 Å². The summed E-state index contributed by atoms with van der Waals surface area (Å²) in [6, 6.07) is 56.3. The van der Waals surface area contributed by atoms with Crippen molar-refractivity contribution in [1.29, 1.82) is 0 Å². The average Bonchev–Trinajstić information content (AvgIpc) is 3.05. The van der Waals surface area contributed by atoms with Crippen LogP contribution in [0.15, 0.2) is 152 Å². The zero-order valence-electron chi connectivity index (χ0n) is 23.9. The molecule has 0 unspecified atom stereocenters. The van der Waals surface area contributed by atoms with Crippen molar-refractivity contribution < 1.29 is 0 Å². The van der Waals surface area contributed by atoms with Crippen LogP contribution < -0.4 is 0 Å². The Balaban J connectivity index is 1.46. The molecule has 0 amide bonds. The van der Waals surface area contributed by atoms with Crippen LogP contribution >= 0.6 is 0 Å². The molecular formula is C43H28. The lowest BCUT2D eigenvalue weighted by Crippen LogP contribution is -1.92. The summed E-state index contributed by atoms with van der Waals surface area (Å²) in [6.07, 6.45) is 0. The lowest BCUT2D eigenvalue weighted by molar-refractivity contribution is 1.50. The zero-order valence-corrected chi connectivity index (χ0v) is 23.9. The maximum Gasteiger partial charge on any atom is -0.00141 e. The first-order valence-electron chi connectivity index (χ1n) is 15.0. The van der Waals surface area contributed by atoms with Crippen molar-refractivity contribution in [3.63, 3.8) is 0 Å². The molecule has 0 heterocycles. The van der Waals surface area contributed by atoms with Crippen LogP contribution in [0.2, 0.25) is 0 Å². The molecule has 200 valence electrons. The molecular weight excluding hydrogens is 516 g/mol. The van der Waals surface area contributed by atoms with Crippen molar-refractivity contribution in [1.82, 2.24) is 0 Å². The summed E-state index contributed by atoms with van der Waals surface area (Å²) in [5.41, 5.74) is 6.46. The van der Waals surface area contributed by atoms with Gasteiger partial charge in [-0.25, -0.2) is 0 Å². The van der Waals surface area contributed by atoms with E-state index in [2.05, 4.69) is 159 Å². The van der Waals surface area contributed by atoms with Gasteiger partial charge in [-0.3, -0.25) is 0 Å². The van der Waals surface area contributed by atoms with E-state index in [0.29, 0.717) is 0 Å². The van der Waals surface area contributed by atoms with E-state index in [1.807, 2.05) is 0 Å². The summed E-state index contributed by atoms with van der Waals surface area (Å²) >= 11 is 0. The van der Waals surface area contributed by atoms with Gasteiger partial charge in [0.1, 0.15) is 0 Å².